The molecule has 0 fully saturated rings. The van der Waals surface area contributed by atoms with Crippen molar-refractivity contribution >= 4 is 34.2 Å². The number of carbonyl (C=O) groups is 1. The van der Waals surface area contributed by atoms with Gasteiger partial charge in [-0.1, -0.05) is 0 Å². The first kappa shape index (κ1) is 15.0. The van der Waals surface area contributed by atoms with Gasteiger partial charge in [0.2, 0.25) is 5.91 Å². The Balaban J connectivity index is 2.17. The van der Waals surface area contributed by atoms with E-state index < -0.39 is 6.04 Å². The molecule has 5 nitrogen and oxygen atoms in total. The second-order valence-electron chi connectivity index (χ2n) is 4.62. The summed E-state index contributed by atoms with van der Waals surface area (Å²) in [6.07, 6.45) is 3.53. The highest BCUT2D eigenvalue weighted by molar-refractivity contribution is 14.1. The lowest BCUT2D eigenvalue weighted by atomic mass is 10.1. The number of halogens is 1. The van der Waals surface area contributed by atoms with Crippen LogP contribution in [0.1, 0.15) is 17.2 Å². The summed E-state index contributed by atoms with van der Waals surface area (Å²) in [7, 11) is 3.59. The van der Waals surface area contributed by atoms with E-state index in [9.17, 15) is 4.79 Å². The maximum atomic E-state index is 12.4. The molecular weight excluding hydrogens is 367 g/mol. The van der Waals surface area contributed by atoms with Crippen molar-refractivity contribution in [2.45, 2.75) is 13.0 Å². The number of amides is 1. The standard InChI is InChI=1S/C14H17IN4O/c1-9-6-11(15)4-5-12(9)18-14(20)13(16-2)10-7-17-19(3)8-10/h4-8,13,16H,1-3H3,(H,18,20). The van der Waals surface area contributed by atoms with Crippen LogP contribution in [0.3, 0.4) is 0 Å². The highest BCUT2D eigenvalue weighted by atomic mass is 127. The van der Waals surface area contributed by atoms with Crippen molar-refractivity contribution in [3.8, 4) is 0 Å². The monoisotopic (exact) mass is 384 g/mol. The fourth-order valence-corrected chi connectivity index (χ4v) is 2.66. The van der Waals surface area contributed by atoms with Gasteiger partial charge in [-0.25, -0.2) is 0 Å². The van der Waals surface area contributed by atoms with Gasteiger partial charge in [0.15, 0.2) is 0 Å². The average Bonchev–Trinajstić information content (AvgIpc) is 2.80. The summed E-state index contributed by atoms with van der Waals surface area (Å²) in [4.78, 5) is 12.4. The van der Waals surface area contributed by atoms with Gasteiger partial charge in [-0.2, -0.15) is 5.10 Å². The molecule has 0 saturated heterocycles. The molecule has 1 aromatic heterocycles. The molecule has 20 heavy (non-hydrogen) atoms. The van der Waals surface area contributed by atoms with Gasteiger partial charge in [-0.05, 0) is 60.3 Å². The molecule has 0 spiro atoms. The number of likely N-dealkylation sites (N-methyl/N-ethyl adjacent to an activating group) is 1. The molecule has 0 bridgehead atoms. The zero-order chi connectivity index (χ0) is 14.7. The fraction of sp³-hybridized carbons (Fsp3) is 0.286. The zero-order valence-electron chi connectivity index (χ0n) is 11.6. The summed E-state index contributed by atoms with van der Waals surface area (Å²) in [5, 5.41) is 10.1. The highest BCUT2D eigenvalue weighted by Gasteiger charge is 2.20. The molecule has 2 N–H and O–H groups in total. The molecular formula is C14H17IN4O. The smallest absolute Gasteiger partial charge is 0.246 e. The van der Waals surface area contributed by atoms with Crippen molar-refractivity contribution in [2.75, 3.05) is 12.4 Å². The molecule has 0 aliphatic heterocycles. The Morgan fingerprint density at radius 3 is 2.75 bits per heavy atom. The lowest BCUT2D eigenvalue weighted by Crippen LogP contribution is -2.30. The number of nitrogens with zero attached hydrogens (tertiary/aromatic N) is 2. The Hall–Kier alpha value is -1.41. The van der Waals surface area contributed by atoms with Crippen LogP contribution in [0.25, 0.3) is 0 Å². The largest absolute Gasteiger partial charge is 0.324 e. The summed E-state index contributed by atoms with van der Waals surface area (Å²) < 4.78 is 2.83. The van der Waals surface area contributed by atoms with Crippen LogP contribution in [0, 0.1) is 10.5 Å². The van der Waals surface area contributed by atoms with Crippen LogP contribution >= 0.6 is 22.6 Å². The molecule has 0 aliphatic carbocycles. The number of carbonyl (C=O) groups excluding carboxylic acids is 1. The third-order valence-electron chi connectivity index (χ3n) is 3.06. The first-order chi connectivity index (χ1) is 9.51. The SMILES string of the molecule is CNC(C(=O)Nc1ccc(I)cc1C)c1cnn(C)c1. The average molecular weight is 384 g/mol. The van der Waals surface area contributed by atoms with Crippen molar-refractivity contribution in [2.24, 2.45) is 7.05 Å². The molecule has 1 heterocycles. The number of benzene rings is 1. The van der Waals surface area contributed by atoms with E-state index in [-0.39, 0.29) is 5.91 Å². The first-order valence-electron chi connectivity index (χ1n) is 6.24. The minimum absolute atomic E-state index is 0.0928. The molecule has 0 saturated carbocycles. The van der Waals surface area contributed by atoms with E-state index >= 15 is 0 Å². The van der Waals surface area contributed by atoms with Crippen LogP contribution in [0.15, 0.2) is 30.6 Å². The van der Waals surface area contributed by atoms with Crippen molar-refractivity contribution in [3.05, 3.63) is 45.3 Å². The number of hydrogen-bond acceptors (Lipinski definition) is 3. The van der Waals surface area contributed by atoms with E-state index in [4.69, 9.17) is 0 Å². The molecule has 0 aliphatic rings. The minimum atomic E-state index is -0.414. The Bertz CT molecular complexity index is 623. The van der Waals surface area contributed by atoms with E-state index in [2.05, 4.69) is 38.3 Å². The Labute approximate surface area is 131 Å². The number of aromatic nitrogens is 2. The predicted molar refractivity (Wildman–Crippen MR) is 87.5 cm³/mol. The van der Waals surface area contributed by atoms with Gasteiger partial charge < -0.3 is 10.6 Å². The van der Waals surface area contributed by atoms with Gasteiger partial charge in [0.1, 0.15) is 6.04 Å². The molecule has 1 aromatic carbocycles. The van der Waals surface area contributed by atoms with Gasteiger partial charge in [-0.3, -0.25) is 9.48 Å². The number of aryl methyl sites for hydroxylation is 2. The van der Waals surface area contributed by atoms with Gasteiger partial charge in [-0.15, -0.1) is 0 Å². The van der Waals surface area contributed by atoms with Crippen LogP contribution in [0.5, 0.6) is 0 Å². The third-order valence-corrected chi connectivity index (χ3v) is 3.73. The summed E-state index contributed by atoms with van der Waals surface area (Å²) >= 11 is 2.25. The van der Waals surface area contributed by atoms with Crippen LogP contribution in [0.2, 0.25) is 0 Å². The highest BCUT2D eigenvalue weighted by Crippen LogP contribution is 2.20. The zero-order valence-corrected chi connectivity index (χ0v) is 13.8. The number of anilines is 1. The summed E-state index contributed by atoms with van der Waals surface area (Å²) in [6.45, 7) is 1.98. The quantitative estimate of drug-likeness (QED) is 0.795. The third kappa shape index (κ3) is 3.37. The van der Waals surface area contributed by atoms with Crippen molar-refractivity contribution in [1.29, 1.82) is 0 Å². The molecule has 2 rings (SSSR count). The van der Waals surface area contributed by atoms with E-state index in [1.54, 1.807) is 17.9 Å². The molecule has 2 aromatic rings. The van der Waals surface area contributed by atoms with Crippen molar-refractivity contribution in [1.82, 2.24) is 15.1 Å². The lowest BCUT2D eigenvalue weighted by molar-refractivity contribution is -0.118. The van der Waals surface area contributed by atoms with Crippen LogP contribution < -0.4 is 10.6 Å². The van der Waals surface area contributed by atoms with Crippen molar-refractivity contribution < 1.29 is 4.79 Å². The number of rotatable bonds is 4. The fourth-order valence-electron chi connectivity index (χ4n) is 2.01. The maximum absolute atomic E-state index is 12.4. The first-order valence-corrected chi connectivity index (χ1v) is 7.32. The molecule has 0 radical (unpaired) electrons. The summed E-state index contributed by atoms with van der Waals surface area (Å²) in [5.41, 5.74) is 2.72. The van der Waals surface area contributed by atoms with Gasteiger partial charge >= 0.3 is 0 Å². The number of hydrogen-bond donors (Lipinski definition) is 2. The topological polar surface area (TPSA) is 59.0 Å². The number of nitrogens with one attached hydrogen (secondary N) is 2. The summed E-state index contributed by atoms with van der Waals surface area (Å²) in [5.74, 6) is -0.0928. The normalized spacial score (nSPS) is 12.2. The van der Waals surface area contributed by atoms with Gasteiger partial charge in [0.25, 0.3) is 0 Å². The predicted octanol–water partition coefficient (Wildman–Crippen LogP) is 2.23. The van der Waals surface area contributed by atoms with E-state index in [0.717, 1.165) is 20.4 Å². The minimum Gasteiger partial charge on any atom is -0.324 e. The van der Waals surface area contributed by atoms with E-state index in [0.29, 0.717) is 0 Å². The molecule has 1 atom stereocenters. The Kier molecular flexibility index (Phi) is 4.77. The Morgan fingerprint density at radius 2 is 2.20 bits per heavy atom. The van der Waals surface area contributed by atoms with Crippen LogP contribution in [-0.2, 0) is 11.8 Å². The maximum Gasteiger partial charge on any atom is 0.246 e. The molecule has 6 heteroatoms. The van der Waals surface area contributed by atoms with Gasteiger partial charge in [0, 0.05) is 28.1 Å². The van der Waals surface area contributed by atoms with Crippen LogP contribution in [0.4, 0.5) is 5.69 Å². The molecule has 1 unspecified atom stereocenters. The van der Waals surface area contributed by atoms with Crippen LogP contribution in [-0.4, -0.2) is 22.7 Å². The Morgan fingerprint density at radius 1 is 1.45 bits per heavy atom. The van der Waals surface area contributed by atoms with E-state index in [1.807, 2.05) is 38.4 Å². The molecule has 106 valence electrons. The van der Waals surface area contributed by atoms with E-state index in [1.165, 1.54) is 0 Å². The lowest BCUT2D eigenvalue weighted by Gasteiger charge is -2.16. The van der Waals surface area contributed by atoms with Gasteiger partial charge in [0.05, 0.1) is 6.20 Å². The van der Waals surface area contributed by atoms with Crippen molar-refractivity contribution in [3.63, 3.8) is 0 Å². The second kappa shape index (κ2) is 6.36. The second-order valence-corrected chi connectivity index (χ2v) is 5.86. The molecule has 1 amide bonds. The summed E-state index contributed by atoms with van der Waals surface area (Å²) in [6, 6.07) is 5.52.